The number of amidine groups is 1. The minimum Gasteiger partial charge on any atom is -0.409 e. The number of rotatable bonds is 3. The molecule has 3 N–H and O–H groups in total. The molecule has 1 amide bonds. The van der Waals surface area contributed by atoms with E-state index in [0.717, 1.165) is 12.8 Å². The van der Waals surface area contributed by atoms with Crippen LogP contribution in [0.4, 0.5) is 0 Å². The molecule has 2 atom stereocenters. The Kier molecular flexibility index (Phi) is 3.90. The number of hydrogen-bond acceptors (Lipinski definition) is 4. The second kappa shape index (κ2) is 4.97. The van der Waals surface area contributed by atoms with Crippen LogP contribution in [0.15, 0.2) is 5.16 Å². The summed E-state index contributed by atoms with van der Waals surface area (Å²) in [7, 11) is 1.62. The second-order valence-electron chi connectivity index (χ2n) is 3.65. The minimum absolute atomic E-state index is 0.0175. The summed E-state index contributed by atoms with van der Waals surface area (Å²) in [6.45, 7) is 2.32. The topological polar surface area (TPSA) is 88.2 Å². The molecule has 86 valence electrons. The first kappa shape index (κ1) is 11.8. The van der Waals surface area contributed by atoms with Gasteiger partial charge in [-0.3, -0.25) is 4.79 Å². The van der Waals surface area contributed by atoms with E-state index >= 15 is 0 Å². The average molecular weight is 215 g/mol. The van der Waals surface area contributed by atoms with Gasteiger partial charge in [0.25, 0.3) is 5.91 Å². The molecule has 1 aliphatic heterocycles. The van der Waals surface area contributed by atoms with Gasteiger partial charge < -0.3 is 20.6 Å². The maximum Gasteiger partial charge on any atom is 0.252 e. The zero-order valence-corrected chi connectivity index (χ0v) is 9.01. The summed E-state index contributed by atoms with van der Waals surface area (Å²) in [5.41, 5.74) is 5.42. The zero-order chi connectivity index (χ0) is 11.4. The van der Waals surface area contributed by atoms with Crippen molar-refractivity contribution >= 4 is 11.7 Å². The molecule has 0 bridgehead atoms. The first-order valence-corrected chi connectivity index (χ1v) is 4.93. The Bertz CT molecular complexity index is 261. The van der Waals surface area contributed by atoms with Crippen LogP contribution >= 0.6 is 0 Å². The van der Waals surface area contributed by atoms with E-state index in [1.165, 1.54) is 4.90 Å². The van der Waals surface area contributed by atoms with Gasteiger partial charge in [0.05, 0.1) is 6.04 Å². The maximum atomic E-state index is 11.8. The average Bonchev–Trinajstić information content (AvgIpc) is 2.78. The van der Waals surface area contributed by atoms with Crippen molar-refractivity contribution in [1.82, 2.24) is 4.90 Å². The molecule has 0 saturated carbocycles. The third-order valence-electron chi connectivity index (χ3n) is 2.68. The molecule has 0 aliphatic carbocycles. The second-order valence-corrected chi connectivity index (χ2v) is 3.65. The fourth-order valence-corrected chi connectivity index (χ4v) is 1.47. The molecule has 1 saturated heterocycles. The van der Waals surface area contributed by atoms with Crippen LogP contribution in [0.3, 0.4) is 0 Å². The number of likely N-dealkylation sites (N-methyl/N-ethyl adjacent to an activating group) is 1. The van der Waals surface area contributed by atoms with Crippen LogP contribution in [0.2, 0.25) is 0 Å². The van der Waals surface area contributed by atoms with Gasteiger partial charge in [0, 0.05) is 13.7 Å². The highest BCUT2D eigenvalue weighted by molar-refractivity contribution is 5.90. The van der Waals surface area contributed by atoms with Gasteiger partial charge in [0.1, 0.15) is 6.10 Å². The third-order valence-corrected chi connectivity index (χ3v) is 2.68. The molecule has 1 rings (SSSR count). The summed E-state index contributed by atoms with van der Waals surface area (Å²) in [6, 6.07) is -0.424. The summed E-state index contributed by atoms with van der Waals surface area (Å²) in [6.07, 6.45) is 1.28. The number of ether oxygens (including phenoxy) is 1. The smallest absolute Gasteiger partial charge is 0.252 e. The lowest BCUT2D eigenvalue weighted by molar-refractivity contribution is -0.140. The molecule has 1 aliphatic rings. The van der Waals surface area contributed by atoms with Crippen LogP contribution in [0.1, 0.15) is 19.8 Å². The molecule has 2 unspecified atom stereocenters. The van der Waals surface area contributed by atoms with Crippen molar-refractivity contribution in [2.45, 2.75) is 31.9 Å². The Morgan fingerprint density at radius 3 is 2.87 bits per heavy atom. The van der Waals surface area contributed by atoms with Crippen LogP contribution in [0.5, 0.6) is 0 Å². The predicted octanol–water partition coefficient (Wildman–Crippen LogP) is -0.241. The van der Waals surface area contributed by atoms with E-state index in [1.54, 1.807) is 14.0 Å². The fourth-order valence-electron chi connectivity index (χ4n) is 1.47. The standard InChI is InChI=1S/C9H17N3O3/c1-6(8(10)11-14)12(2)9(13)7-4-3-5-15-7/h6-7,14H,3-5H2,1-2H3,(H2,10,11). The number of amides is 1. The van der Waals surface area contributed by atoms with E-state index < -0.39 is 6.04 Å². The monoisotopic (exact) mass is 215 g/mol. The van der Waals surface area contributed by atoms with E-state index in [9.17, 15) is 4.79 Å². The number of carbonyl (C=O) groups is 1. The van der Waals surface area contributed by atoms with Crippen molar-refractivity contribution in [3.05, 3.63) is 0 Å². The molecule has 15 heavy (non-hydrogen) atoms. The predicted molar refractivity (Wildman–Crippen MR) is 54.6 cm³/mol. The highest BCUT2D eigenvalue weighted by Gasteiger charge is 2.29. The number of hydrogen-bond donors (Lipinski definition) is 2. The van der Waals surface area contributed by atoms with Crippen molar-refractivity contribution in [3.63, 3.8) is 0 Å². The van der Waals surface area contributed by atoms with Crippen molar-refractivity contribution in [3.8, 4) is 0 Å². The van der Waals surface area contributed by atoms with Gasteiger partial charge in [-0.05, 0) is 19.8 Å². The van der Waals surface area contributed by atoms with Crippen LogP contribution in [-0.2, 0) is 9.53 Å². The van der Waals surface area contributed by atoms with Gasteiger partial charge in [0.2, 0.25) is 0 Å². The van der Waals surface area contributed by atoms with Gasteiger partial charge in [-0.2, -0.15) is 0 Å². The Morgan fingerprint density at radius 2 is 2.40 bits per heavy atom. The third kappa shape index (κ3) is 2.59. The lowest BCUT2D eigenvalue weighted by Gasteiger charge is -2.26. The zero-order valence-electron chi connectivity index (χ0n) is 9.01. The van der Waals surface area contributed by atoms with Gasteiger partial charge in [-0.15, -0.1) is 0 Å². The van der Waals surface area contributed by atoms with Gasteiger partial charge in [0.15, 0.2) is 5.84 Å². The summed E-state index contributed by atoms with van der Waals surface area (Å²) < 4.78 is 5.27. The minimum atomic E-state index is -0.424. The highest BCUT2D eigenvalue weighted by atomic mass is 16.5. The summed E-state index contributed by atoms with van der Waals surface area (Å²) >= 11 is 0. The summed E-state index contributed by atoms with van der Waals surface area (Å²) in [5.74, 6) is -0.101. The van der Waals surface area contributed by atoms with E-state index in [2.05, 4.69) is 5.16 Å². The Labute approximate surface area is 88.7 Å². The van der Waals surface area contributed by atoms with Crippen molar-refractivity contribution < 1.29 is 14.7 Å². The van der Waals surface area contributed by atoms with Crippen LogP contribution in [0.25, 0.3) is 0 Å². The first-order valence-electron chi connectivity index (χ1n) is 4.93. The van der Waals surface area contributed by atoms with Crippen LogP contribution in [0, 0.1) is 0 Å². The van der Waals surface area contributed by atoms with Gasteiger partial charge in [-0.25, -0.2) is 0 Å². The fraction of sp³-hybridized carbons (Fsp3) is 0.778. The van der Waals surface area contributed by atoms with Gasteiger partial charge >= 0.3 is 0 Å². The number of oxime groups is 1. The SMILES string of the molecule is CC(C(N)=NO)N(C)C(=O)C1CCCO1. The van der Waals surface area contributed by atoms with Crippen LogP contribution in [-0.4, -0.2) is 47.7 Å². The highest BCUT2D eigenvalue weighted by Crippen LogP contribution is 2.15. The molecule has 0 spiro atoms. The van der Waals surface area contributed by atoms with Crippen LogP contribution < -0.4 is 5.73 Å². The molecule has 1 heterocycles. The number of carbonyl (C=O) groups excluding carboxylic acids is 1. The largest absolute Gasteiger partial charge is 0.409 e. The molecule has 0 aromatic heterocycles. The summed E-state index contributed by atoms with van der Waals surface area (Å²) in [5, 5.41) is 11.4. The van der Waals surface area contributed by atoms with Gasteiger partial charge in [-0.1, -0.05) is 5.16 Å². The number of nitrogens with two attached hydrogens (primary N) is 1. The van der Waals surface area contributed by atoms with Crippen molar-refractivity contribution in [2.75, 3.05) is 13.7 Å². The van der Waals surface area contributed by atoms with E-state index in [-0.39, 0.29) is 17.8 Å². The molecule has 6 heteroatoms. The van der Waals surface area contributed by atoms with E-state index in [0.29, 0.717) is 6.61 Å². The molecular formula is C9H17N3O3. The van der Waals surface area contributed by atoms with E-state index in [4.69, 9.17) is 15.7 Å². The molecule has 0 radical (unpaired) electrons. The van der Waals surface area contributed by atoms with Crippen molar-refractivity contribution in [2.24, 2.45) is 10.9 Å². The lowest BCUT2D eigenvalue weighted by Crippen LogP contribution is -2.47. The van der Waals surface area contributed by atoms with Crippen molar-refractivity contribution in [1.29, 1.82) is 0 Å². The molecular weight excluding hydrogens is 198 g/mol. The molecule has 1 fully saturated rings. The molecule has 6 nitrogen and oxygen atoms in total. The first-order chi connectivity index (χ1) is 7.07. The van der Waals surface area contributed by atoms with E-state index in [1.807, 2.05) is 0 Å². The Balaban J connectivity index is 2.58. The quantitative estimate of drug-likeness (QED) is 0.294. The summed E-state index contributed by atoms with van der Waals surface area (Å²) in [4.78, 5) is 13.3. The Hall–Kier alpha value is -1.30. The molecule has 0 aromatic rings. The normalized spacial score (nSPS) is 23.9. The maximum absolute atomic E-state index is 11.8. The lowest BCUT2D eigenvalue weighted by atomic mass is 10.2. The molecule has 0 aromatic carbocycles. The number of nitrogens with zero attached hydrogens (tertiary/aromatic N) is 2. The Morgan fingerprint density at radius 1 is 1.73 bits per heavy atom.